The first kappa shape index (κ1) is 15.1. The highest BCUT2D eigenvalue weighted by molar-refractivity contribution is 6.00. The molecule has 2 aromatic carbocycles. The molecule has 2 amide bonds. The van der Waals surface area contributed by atoms with E-state index in [1.54, 1.807) is 0 Å². The molecule has 0 saturated heterocycles. The number of anilines is 2. The van der Waals surface area contributed by atoms with E-state index in [0.717, 1.165) is 28.1 Å². The Labute approximate surface area is 126 Å². The predicted octanol–water partition coefficient (Wildman–Crippen LogP) is 5.07. The first-order valence-electron chi connectivity index (χ1n) is 7.21. The van der Waals surface area contributed by atoms with Gasteiger partial charge < -0.3 is 10.6 Å². The Kier molecular flexibility index (Phi) is 4.63. The van der Waals surface area contributed by atoms with E-state index in [2.05, 4.69) is 30.5 Å². The van der Waals surface area contributed by atoms with Gasteiger partial charge in [0.1, 0.15) is 0 Å². The van der Waals surface area contributed by atoms with Crippen molar-refractivity contribution >= 4 is 17.4 Å². The lowest BCUT2D eigenvalue weighted by Crippen LogP contribution is -2.20. The Hall–Kier alpha value is -2.29. The minimum absolute atomic E-state index is 0.215. The van der Waals surface area contributed by atoms with E-state index in [1.165, 1.54) is 0 Å². The Bertz CT molecular complexity index is 627. The Morgan fingerprint density at radius 3 is 2.19 bits per heavy atom. The molecule has 110 valence electrons. The van der Waals surface area contributed by atoms with Crippen LogP contribution in [0.4, 0.5) is 16.2 Å². The van der Waals surface area contributed by atoms with Gasteiger partial charge >= 0.3 is 6.03 Å². The number of urea groups is 1. The fourth-order valence-corrected chi connectivity index (χ4v) is 2.45. The number of hydrogen-bond acceptors (Lipinski definition) is 1. The Balaban J connectivity index is 2.12. The van der Waals surface area contributed by atoms with Crippen LogP contribution in [0.2, 0.25) is 0 Å². The van der Waals surface area contributed by atoms with Gasteiger partial charge in [0.05, 0.1) is 0 Å². The van der Waals surface area contributed by atoms with E-state index in [0.29, 0.717) is 5.92 Å². The summed E-state index contributed by atoms with van der Waals surface area (Å²) in [5, 5.41) is 5.82. The molecule has 2 rings (SSSR count). The lowest BCUT2D eigenvalue weighted by atomic mass is 10.0. The zero-order chi connectivity index (χ0) is 15.4. The molecule has 0 fully saturated rings. The molecule has 3 nitrogen and oxygen atoms in total. The number of carbonyl (C=O) groups is 1. The fraction of sp³-hybridized carbons (Fsp3) is 0.278. The lowest BCUT2D eigenvalue weighted by Gasteiger charge is -2.14. The number of benzene rings is 2. The molecule has 0 spiro atoms. The van der Waals surface area contributed by atoms with Gasteiger partial charge in [0.2, 0.25) is 0 Å². The van der Waals surface area contributed by atoms with Crippen LogP contribution in [0, 0.1) is 13.8 Å². The third-order valence-corrected chi connectivity index (χ3v) is 3.31. The average Bonchev–Trinajstić information content (AvgIpc) is 2.37. The summed E-state index contributed by atoms with van der Waals surface area (Å²) in [5.41, 5.74) is 5.07. The monoisotopic (exact) mass is 282 g/mol. The van der Waals surface area contributed by atoms with E-state index in [4.69, 9.17) is 0 Å². The topological polar surface area (TPSA) is 41.1 Å². The maximum Gasteiger partial charge on any atom is 0.323 e. The summed E-state index contributed by atoms with van der Waals surface area (Å²) >= 11 is 0. The van der Waals surface area contributed by atoms with Crippen molar-refractivity contribution in [1.82, 2.24) is 0 Å². The standard InChI is InChI=1S/C18H22N2O/c1-12(2)16-7-5-6-8-17(16)20-18(21)19-15-10-13(3)9-14(4)11-15/h5-12H,1-4H3,(H2,19,20,21). The number of carbonyl (C=O) groups excluding carboxylic acids is 1. The number of nitrogens with one attached hydrogen (secondary N) is 2. The van der Waals surface area contributed by atoms with Crippen molar-refractivity contribution in [1.29, 1.82) is 0 Å². The summed E-state index contributed by atoms with van der Waals surface area (Å²) < 4.78 is 0. The summed E-state index contributed by atoms with van der Waals surface area (Å²) in [6, 6.07) is 13.7. The number of para-hydroxylation sites is 1. The van der Waals surface area contributed by atoms with Crippen LogP contribution >= 0.6 is 0 Å². The van der Waals surface area contributed by atoms with Crippen LogP contribution in [0.3, 0.4) is 0 Å². The van der Waals surface area contributed by atoms with Gasteiger partial charge in [-0.15, -0.1) is 0 Å². The third-order valence-electron chi connectivity index (χ3n) is 3.31. The van der Waals surface area contributed by atoms with Crippen LogP contribution in [0.25, 0.3) is 0 Å². The normalized spacial score (nSPS) is 10.5. The average molecular weight is 282 g/mol. The molecule has 0 heterocycles. The lowest BCUT2D eigenvalue weighted by molar-refractivity contribution is 0.262. The quantitative estimate of drug-likeness (QED) is 0.810. The zero-order valence-corrected chi connectivity index (χ0v) is 13.0. The molecular formula is C18H22N2O. The van der Waals surface area contributed by atoms with Gasteiger partial charge in [0.15, 0.2) is 0 Å². The summed E-state index contributed by atoms with van der Waals surface area (Å²) in [5.74, 6) is 0.364. The van der Waals surface area contributed by atoms with Crippen LogP contribution in [0.15, 0.2) is 42.5 Å². The summed E-state index contributed by atoms with van der Waals surface area (Å²) in [6.07, 6.45) is 0. The van der Waals surface area contributed by atoms with Crippen LogP contribution in [0.1, 0.15) is 36.5 Å². The van der Waals surface area contributed by atoms with Crippen molar-refractivity contribution in [3.63, 3.8) is 0 Å². The highest BCUT2D eigenvalue weighted by atomic mass is 16.2. The largest absolute Gasteiger partial charge is 0.323 e. The third kappa shape index (κ3) is 4.09. The summed E-state index contributed by atoms with van der Waals surface area (Å²) in [7, 11) is 0. The van der Waals surface area contributed by atoms with Gasteiger partial charge in [-0.1, -0.05) is 38.1 Å². The SMILES string of the molecule is Cc1cc(C)cc(NC(=O)Nc2ccccc2C(C)C)c1. The Morgan fingerprint density at radius 1 is 0.952 bits per heavy atom. The number of rotatable bonds is 3. The van der Waals surface area contributed by atoms with Crippen molar-refractivity contribution in [3.8, 4) is 0 Å². The Morgan fingerprint density at radius 2 is 1.57 bits per heavy atom. The molecule has 0 unspecified atom stereocenters. The number of hydrogen-bond donors (Lipinski definition) is 2. The van der Waals surface area contributed by atoms with Crippen molar-refractivity contribution in [2.75, 3.05) is 10.6 Å². The first-order chi connectivity index (χ1) is 9.95. The second-order valence-corrected chi connectivity index (χ2v) is 5.70. The van der Waals surface area contributed by atoms with E-state index in [-0.39, 0.29) is 6.03 Å². The van der Waals surface area contributed by atoms with E-state index >= 15 is 0 Å². The maximum atomic E-state index is 12.2. The minimum Gasteiger partial charge on any atom is -0.308 e. The molecule has 0 bridgehead atoms. The van der Waals surface area contributed by atoms with Crippen molar-refractivity contribution < 1.29 is 4.79 Å². The molecule has 0 aliphatic heterocycles. The molecule has 0 atom stereocenters. The van der Waals surface area contributed by atoms with Crippen molar-refractivity contribution in [2.24, 2.45) is 0 Å². The van der Waals surface area contributed by atoms with E-state index < -0.39 is 0 Å². The highest BCUT2D eigenvalue weighted by Gasteiger charge is 2.09. The van der Waals surface area contributed by atoms with Crippen molar-refractivity contribution in [2.45, 2.75) is 33.6 Å². The summed E-state index contributed by atoms with van der Waals surface area (Å²) in [6.45, 7) is 8.26. The second kappa shape index (κ2) is 6.44. The highest BCUT2D eigenvalue weighted by Crippen LogP contribution is 2.24. The smallest absolute Gasteiger partial charge is 0.308 e. The summed E-state index contributed by atoms with van der Waals surface area (Å²) in [4.78, 5) is 12.2. The number of aryl methyl sites for hydroxylation is 2. The molecule has 2 aromatic rings. The zero-order valence-electron chi connectivity index (χ0n) is 13.0. The minimum atomic E-state index is -0.215. The molecule has 0 aliphatic carbocycles. The maximum absolute atomic E-state index is 12.2. The second-order valence-electron chi connectivity index (χ2n) is 5.70. The molecular weight excluding hydrogens is 260 g/mol. The first-order valence-corrected chi connectivity index (χ1v) is 7.21. The van der Waals surface area contributed by atoms with Crippen LogP contribution in [-0.2, 0) is 0 Å². The fourth-order valence-electron chi connectivity index (χ4n) is 2.45. The molecule has 3 heteroatoms. The van der Waals surface area contributed by atoms with Crippen LogP contribution in [0.5, 0.6) is 0 Å². The van der Waals surface area contributed by atoms with E-state index in [1.807, 2.05) is 50.2 Å². The molecule has 0 radical (unpaired) electrons. The van der Waals surface area contributed by atoms with Gasteiger partial charge in [-0.05, 0) is 54.7 Å². The van der Waals surface area contributed by atoms with Gasteiger partial charge in [-0.2, -0.15) is 0 Å². The number of amides is 2. The van der Waals surface area contributed by atoms with Crippen LogP contribution < -0.4 is 10.6 Å². The van der Waals surface area contributed by atoms with Crippen LogP contribution in [-0.4, -0.2) is 6.03 Å². The molecule has 21 heavy (non-hydrogen) atoms. The van der Waals surface area contributed by atoms with E-state index in [9.17, 15) is 4.79 Å². The molecule has 0 saturated carbocycles. The van der Waals surface area contributed by atoms with Gasteiger partial charge in [-0.3, -0.25) is 0 Å². The van der Waals surface area contributed by atoms with Gasteiger partial charge in [0.25, 0.3) is 0 Å². The molecule has 0 aliphatic rings. The molecule has 2 N–H and O–H groups in total. The van der Waals surface area contributed by atoms with Gasteiger partial charge in [-0.25, -0.2) is 4.79 Å². The predicted molar refractivity (Wildman–Crippen MR) is 89.1 cm³/mol. The van der Waals surface area contributed by atoms with Crippen molar-refractivity contribution in [3.05, 3.63) is 59.2 Å². The van der Waals surface area contributed by atoms with Gasteiger partial charge in [0, 0.05) is 11.4 Å². The molecule has 0 aromatic heterocycles.